The molecule has 0 saturated carbocycles. The number of fused-ring (bicyclic) bond motifs is 3. The fraction of sp³-hybridized carbons (Fsp3) is 0.558. The van der Waals surface area contributed by atoms with Crippen LogP contribution in [-0.4, -0.2) is 181 Å². The Balaban J connectivity index is 0.000000243. The van der Waals surface area contributed by atoms with Crippen molar-refractivity contribution in [2.75, 3.05) is 75.2 Å². The van der Waals surface area contributed by atoms with E-state index in [1.165, 1.54) is 9.40 Å². The van der Waals surface area contributed by atoms with Crippen LogP contribution in [0.4, 0.5) is 28.4 Å². The second kappa shape index (κ2) is 36.2. The Hall–Kier alpha value is -5.29. The third-order valence-electron chi connectivity index (χ3n) is 19.0. The van der Waals surface area contributed by atoms with Crippen molar-refractivity contribution in [1.29, 1.82) is 0 Å². The number of likely N-dealkylation sites (N-methyl/N-ethyl adjacent to an activating group) is 1. The van der Waals surface area contributed by atoms with E-state index in [4.69, 9.17) is 39.5 Å². The molecule has 6 heterocycles. The number of halogens is 5. The Morgan fingerprint density at radius 3 is 1.39 bits per heavy atom. The largest absolute Gasteiger partial charge is 0.534 e. The number of nitrogens with two attached hydrogens (primary N) is 1. The number of carbonyl (C=O) groups excluding carboxylic acids is 3. The third kappa shape index (κ3) is 24.9. The summed E-state index contributed by atoms with van der Waals surface area (Å²) in [5.41, 5.74) is 4.05. The van der Waals surface area contributed by atoms with Crippen molar-refractivity contribution < 1.29 is 58.9 Å². The molecule has 20 nitrogen and oxygen atoms in total. The van der Waals surface area contributed by atoms with Crippen LogP contribution in [-0.2, 0) is 54.5 Å². The fourth-order valence-corrected chi connectivity index (χ4v) is 14.1. The number of thiol groups is 1. The molecule has 108 heavy (non-hydrogen) atoms. The number of benzene rings is 4. The van der Waals surface area contributed by atoms with Gasteiger partial charge in [-0.3, -0.25) is 24.5 Å². The molecule has 10 rings (SSSR count). The summed E-state index contributed by atoms with van der Waals surface area (Å²) in [5.74, 6) is -0.361. The van der Waals surface area contributed by atoms with Gasteiger partial charge in [0.15, 0.2) is 0 Å². The van der Waals surface area contributed by atoms with Crippen molar-refractivity contribution in [2.24, 2.45) is 11.8 Å². The predicted octanol–water partition coefficient (Wildman–Crippen LogP) is 18.8. The van der Waals surface area contributed by atoms with E-state index in [0.29, 0.717) is 18.2 Å². The number of carbonyl (C=O) groups is 3. The highest BCUT2D eigenvalue weighted by atomic mass is 79.9. The summed E-state index contributed by atoms with van der Waals surface area (Å²) in [5, 5.41) is 3.36. The highest BCUT2D eigenvalue weighted by Crippen LogP contribution is 2.41. The lowest BCUT2D eigenvalue weighted by Crippen LogP contribution is -2.42. The smallest absolute Gasteiger partial charge is 0.443 e. The predicted molar refractivity (Wildman–Crippen MR) is 448 cm³/mol. The molecule has 598 valence electrons. The molecule has 2 N–H and O–H groups in total. The maximum absolute atomic E-state index is 12.9. The Bertz CT molecular complexity index is 4430. The van der Waals surface area contributed by atoms with Crippen molar-refractivity contribution in [2.45, 2.75) is 206 Å². The number of ether oxygens (including phenoxy) is 2. The fourth-order valence-electron chi connectivity index (χ4n) is 9.33. The maximum Gasteiger partial charge on any atom is 0.534 e. The van der Waals surface area contributed by atoms with Gasteiger partial charge in [0.05, 0.1) is 69.7 Å². The van der Waals surface area contributed by atoms with E-state index in [-0.39, 0.29) is 65.5 Å². The van der Waals surface area contributed by atoms with Crippen molar-refractivity contribution in [1.82, 2.24) is 44.4 Å². The van der Waals surface area contributed by atoms with E-state index in [2.05, 4.69) is 242 Å². The van der Waals surface area contributed by atoms with Gasteiger partial charge in [0.25, 0.3) is 0 Å². The second-order valence-electron chi connectivity index (χ2n) is 32.9. The first-order valence-electron chi connectivity index (χ1n) is 35.2. The lowest BCUT2D eigenvalue weighted by molar-refractivity contribution is -0.115. The number of aldehydes is 1. The van der Waals surface area contributed by atoms with Gasteiger partial charge in [-0.15, -0.1) is 46.6 Å². The number of nitrogen functional groups attached to an aromatic ring is 1. The normalized spacial score (nSPS) is 17.1. The summed E-state index contributed by atoms with van der Waals surface area (Å²) >= 11 is 16.1. The van der Waals surface area contributed by atoms with Crippen molar-refractivity contribution in [3.8, 4) is 0 Å². The number of aromatic nitrogens is 3. The van der Waals surface area contributed by atoms with Gasteiger partial charge in [-0.05, 0) is 278 Å². The molecule has 4 aromatic carbocycles. The highest BCUT2D eigenvalue weighted by Gasteiger charge is 2.52. The zero-order valence-corrected chi connectivity index (χ0v) is 75.2. The average Bonchev–Trinajstić information content (AvgIpc) is 1.60. The zero-order valence-electron chi connectivity index (χ0n) is 67.9. The molecular formula is C77H112BBr2F3N10O10S5. The summed E-state index contributed by atoms with van der Waals surface area (Å²) < 4.78 is 92.1. The Morgan fingerprint density at radius 1 is 0.602 bits per heavy atom. The summed E-state index contributed by atoms with van der Waals surface area (Å²) in [6.07, 6.45) is 4.18. The highest BCUT2D eigenvalue weighted by molar-refractivity contribution is 9.10. The van der Waals surface area contributed by atoms with Gasteiger partial charge in [-0.25, -0.2) is 29.4 Å². The number of hydrogen-bond donors (Lipinski definition) is 2. The van der Waals surface area contributed by atoms with E-state index in [9.17, 15) is 36.0 Å². The molecular weight excluding hydrogens is 1610 g/mol. The SMILES string of the molecule is CN(C)C(C)(C)C=O.CN(C)C(C)(C)c1nc2cc(B3OC(C)(C)C(C)(C)O3)ccc2s1.CN(C)C(C)(C)c1nc2cc(Br)ccc2s1.C[C@H]1CC=C(OS(=O)(=O)C(F)(F)F)N(C(=O)OC(C)(C)C)C1.C[C@H]1CC=C(c2ccc3sc(C(C)(C)N(C)C)nc3c2)N(C(=O)OC(C)(C)C)C1.Nc1cc(Br)ccc1S. The maximum atomic E-state index is 12.9. The summed E-state index contributed by atoms with van der Waals surface area (Å²) in [6.45, 7) is 40.2. The number of anilines is 1. The van der Waals surface area contributed by atoms with Crippen LogP contribution in [0.5, 0.6) is 0 Å². The van der Waals surface area contributed by atoms with Gasteiger partial charge < -0.3 is 33.5 Å². The topological polar surface area (TPSA) is 216 Å². The van der Waals surface area contributed by atoms with E-state index in [1.54, 1.807) is 66.6 Å². The lowest BCUT2D eigenvalue weighted by atomic mass is 9.79. The summed E-state index contributed by atoms with van der Waals surface area (Å²) in [4.78, 5) is 61.4. The molecule has 2 amide bonds. The Morgan fingerprint density at radius 2 is 0.991 bits per heavy atom. The minimum atomic E-state index is -5.84. The van der Waals surface area contributed by atoms with Crippen LogP contribution >= 0.6 is 78.5 Å². The lowest BCUT2D eigenvalue weighted by Gasteiger charge is -2.33. The minimum absolute atomic E-state index is 0.00583. The summed E-state index contributed by atoms with van der Waals surface area (Å²) in [7, 11) is 10.1. The van der Waals surface area contributed by atoms with Gasteiger partial charge in [-0.2, -0.15) is 21.6 Å². The first kappa shape index (κ1) is 93.3. The molecule has 31 heteroatoms. The molecule has 1 saturated heterocycles. The number of thiazole rings is 3. The number of amides is 2. The monoisotopic (exact) mass is 1720 g/mol. The van der Waals surface area contributed by atoms with E-state index >= 15 is 0 Å². The van der Waals surface area contributed by atoms with Crippen LogP contribution in [0.3, 0.4) is 0 Å². The molecule has 7 aromatic rings. The van der Waals surface area contributed by atoms with Crippen LogP contribution in [0.1, 0.15) is 172 Å². The number of hydrogen-bond acceptors (Lipinski definition) is 22. The van der Waals surface area contributed by atoms with Crippen LogP contribution < -0.4 is 11.2 Å². The van der Waals surface area contributed by atoms with Gasteiger partial charge in [0.1, 0.15) is 32.5 Å². The van der Waals surface area contributed by atoms with Crippen LogP contribution in [0.15, 0.2) is 105 Å². The van der Waals surface area contributed by atoms with Gasteiger partial charge in [-0.1, -0.05) is 63.9 Å². The molecule has 0 radical (unpaired) electrons. The molecule has 3 aliphatic rings. The quantitative estimate of drug-likeness (QED) is 0.0290. The van der Waals surface area contributed by atoms with Gasteiger partial charge in [0.2, 0.25) is 5.88 Å². The van der Waals surface area contributed by atoms with E-state index in [1.807, 2.05) is 71.8 Å². The molecule has 0 bridgehead atoms. The number of alkyl halides is 3. The van der Waals surface area contributed by atoms with Crippen molar-refractivity contribution in [3.63, 3.8) is 0 Å². The van der Waals surface area contributed by atoms with Crippen LogP contribution in [0.25, 0.3) is 36.3 Å². The molecule has 3 aliphatic heterocycles. The van der Waals surface area contributed by atoms with Gasteiger partial charge >= 0.3 is 34.9 Å². The Kier molecular flexibility index (Phi) is 31.3. The Labute approximate surface area is 673 Å². The summed E-state index contributed by atoms with van der Waals surface area (Å²) in [6, 6.07) is 24.4. The third-order valence-corrected chi connectivity index (χ3v) is 25.4. The minimum Gasteiger partial charge on any atom is -0.443 e. The first-order chi connectivity index (χ1) is 49.2. The molecule has 0 unspecified atom stereocenters. The molecule has 3 aromatic heterocycles. The average molecular weight is 1730 g/mol. The number of rotatable bonds is 12. The van der Waals surface area contributed by atoms with Crippen molar-refractivity contribution >= 4 is 162 Å². The van der Waals surface area contributed by atoms with Crippen LogP contribution in [0.2, 0.25) is 0 Å². The zero-order chi connectivity index (χ0) is 82.4. The van der Waals surface area contributed by atoms with E-state index in [0.717, 1.165) is 90.5 Å². The molecule has 0 spiro atoms. The van der Waals surface area contributed by atoms with Crippen LogP contribution in [0, 0.1) is 11.8 Å². The number of allylic oxidation sites excluding steroid dienone is 2. The van der Waals surface area contributed by atoms with Crippen molar-refractivity contribution in [3.05, 3.63) is 120 Å². The van der Waals surface area contributed by atoms with E-state index < -0.39 is 38.8 Å². The van der Waals surface area contributed by atoms with Gasteiger partial charge in [0, 0.05) is 38.2 Å². The second-order valence-corrected chi connectivity index (χ2v) is 39.8. The number of nitrogens with zero attached hydrogens (tertiary/aromatic N) is 9. The molecule has 0 aliphatic carbocycles. The molecule has 2 atom stereocenters. The first-order valence-corrected chi connectivity index (χ1v) is 41.1. The standard InChI is InChI=1S/C23H33N3O2S.C18H27BN2O2S.C12H15BrN2S.C12H18F3NO5S.C6H6BrNS.C6H13NO/c1-15-9-11-18(26(14-15)21(27)28-22(2,3)4)16-10-12-19-17(13-16)24-20(29-19)23(5,6)25(7)8;1-16(2,21(7)8)15-20-13-11-12(9-10-14(13)24-15)19-22-17(3,4)18(5,6)23-19;1-12(2,15(3)4)11-14-9-7-8(13)5-6-10(9)16-11;1-8-5-6-9(21-22(18,19)12(13,14)15)16(7-8)10(17)20-11(2,3)4;7-4-1-2-6(9)5(8)3-4;1-6(2,5-8)7(3)4/h10-13,15H,9,14H2,1-8H3;9-11H,1-8H3;5-7H,1-4H3;6,8H,5,7H2,1-4H3;1-3,9H,8H2;5H,1-4H3/t15-;;;8-;;/m0..0../s1. The molecule has 1 fully saturated rings.